The fourth-order valence-electron chi connectivity index (χ4n) is 1.72. The van der Waals surface area contributed by atoms with Crippen molar-refractivity contribution in [1.29, 1.82) is 0 Å². The first-order chi connectivity index (χ1) is 8.13. The maximum absolute atomic E-state index is 6.14. The highest BCUT2D eigenvalue weighted by Crippen LogP contribution is 2.23. The summed E-state index contributed by atoms with van der Waals surface area (Å²) in [6, 6.07) is 12.2. The van der Waals surface area contributed by atoms with Crippen molar-refractivity contribution in [3.8, 4) is 0 Å². The largest absolute Gasteiger partial charge is 0.327 e. The smallest absolute Gasteiger partial charge is 0.0701 e. The minimum atomic E-state index is 0.154. The lowest BCUT2D eigenvalue weighted by Gasteiger charge is -2.10. The fraction of sp³-hybridized carbons (Fsp3) is 0.231. The molecule has 0 aliphatic heterocycles. The van der Waals surface area contributed by atoms with E-state index in [0.29, 0.717) is 0 Å². The van der Waals surface area contributed by atoms with Crippen molar-refractivity contribution in [2.75, 3.05) is 0 Å². The first kappa shape index (κ1) is 13.1. The number of nitrogens with two attached hydrogens (primary N) is 1. The van der Waals surface area contributed by atoms with E-state index in [2.05, 4.69) is 28.1 Å². The van der Waals surface area contributed by atoms with E-state index in [1.54, 1.807) is 11.3 Å². The summed E-state index contributed by atoms with van der Waals surface area (Å²) in [5.41, 5.74) is 7.38. The molecular weight excluding hydrogens is 318 g/mol. The number of thiophene rings is 1. The van der Waals surface area contributed by atoms with Gasteiger partial charge >= 0.3 is 0 Å². The minimum absolute atomic E-state index is 0.154. The van der Waals surface area contributed by atoms with Crippen molar-refractivity contribution in [3.05, 3.63) is 55.6 Å². The average Bonchev–Trinajstić information content (AvgIpc) is 2.67. The molecule has 1 aromatic carbocycles. The summed E-state index contributed by atoms with van der Waals surface area (Å²) in [4.78, 5) is 1.32. The number of rotatable bonds is 4. The van der Waals surface area contributed by atoms with Gasteiger partial charge in [0, 0.05) is 15.9 Å². The molecule has 1 aromatic heterocycles. The fourth-order valence-corrected chi connectivity index (χ4v) is 3.42. The predicted octanol–water partition coefficient (Wildman–Crippen LogP) is 4.28. The molecule has 0 radical (unpaired) electrons. The van der Waals surface area contributed by atoms with Crippen LogP contribution in [0.4, 0.5) is 0 Å². The summed E-state index contributed by atoms with van der Waals surface area (Å²) in [7, 11) is 0. The monoisotopic (exact) mass is 329 g/mol. The molecule has 0 spiro atoms. The Morgan fingerprint density at radius 3 is 2.41 bits per heavy atom. The SMILES string of the molecule is NC(Cc1ccc(Cl)cc1)Cc1ccc(Br)s1. The number of benzene rings is 1. The summed E-state index contributed by atoms with van der Waals surface area (Å²) in [5.74, 6) is 0. The Balaban J connectivity index is 1.93. The molecule has 0 bridgehead atoms. The van der Waals surface area contributed by atoms with Gasteiger partial charge in [-0.05, 0) is 58.6 Å². The van der Waals surface area contributed by atoms with Crippen LogP contribution in [0.3, 0.4) is 0 Å². The van der Waals surface area contributed by atoms with Crippen molar-refractivity contribution in [3.63, 3.8) is 0 Å². The lowest BCUT2D eigenvalue weighted by molar-refractivity contribution is 0.671. The molecule has 17 heavy (non-hydrogen) atoms. The first-order valence-electron chi connectivity index (χ1n) is 5.38. The van der Waals surface area contributed by atoms with E-state index in [9.17, 15) is 0 Å². The van der Waals surface area contributed by atoms with Gasteiger partial charge in [-0.1, -0.05) is 23.7 Å². The Morgan fingerprint density at radius 2 is 1.82 bits per heavy atom. The van der Waals surface area contributed by atoms with Crippen molar-refractivity contribution in [1.82, 2.24) is 0 Å². The molecule has 0 aliphatic carbocycles. The Kier molecular flexibility index (Phi) is 4.62. The second-order valence-corrected chi connectivity index (χ2v) is 6.98. The second-order valence-electron chi connectivity index (χ2n) is 4.00. The van der Waals surface area contributed by atoms with Crippen LogP contribution in [0.2, 0.25) is 5.02 Å². The van der Waals surface area contributed by atoms with Crippen LogP contribution >= 0.6 is 38.9 Å². The van der Waals surface area contributed by atoms with Crippen LogP contribution in [0.1, 0.15) is 10.4 Å². The molecule has 4 heteroatoms. The Bertz CT molecular complexity index is 480. The number of hydrogen-bond donors (Lipinski definition) is 1. The quantitative estimate of drug-likeness (QED) is 0.890. The molecule has 0 saturated heterocycles. The van der Waals surface area contributed by atoms with E-state index in [4.69, 9.17) is 17.3 Å². The van der Waals surface area contributed by atoms with Crippen molar-refractivity contribution in [2.24, 2.45) is 5.73 Å². The predicted molar refractivity (Wildman–Crippen MR) is 78.9 cm³/mol. The van der Waals surface area contributed by atoms with Gasteiger partial charge in [-0.3, -0.25) is 0 Å². The van der Waals surface area contributed by atoms with E-state index in [0.717, 1.165) is 21.7 Å². The maximum atomic E-state index is 6.14. The lowest BCUT2D eigenvalue weighted by atomic mass is 10.0. The third-order valence-corrected chi connectivity index (χ3v) is 4.40. The van der Waals surface area contributed by atoms with Crippen LogP contribution in [0, 0.1) is 0 Å². The highest BCUT2D eigenvalue weighted by Gasteiger charge is 2.07. The van der Waals surface area contributed by atoms with Crippen LogP contribution in [-0.4, -0.2) is 6.04 Å². The topological polar surface area (TPSA) is 26.0 Å². The van der Waals surface area contributed by atoms with E-state index in [1.165, 1.54) is 10.4 Å². The summed E-state index contributed by atoms with van der Waals surface area (Å²) in [6.07, 6.45) is 1.80. The van der Waals surface area contributed by atoms with Crippen LogP contribution in [0.25, 0.3) is 0 Å². The second kappa shape index (κ2) is 6.01. The Hall–Kier alpha value is -0.350. The lowest BCUT2D eigenvalue weighted by Crippen LogP contribution is -2.25. The highest BCUT2D eigenvalue weighted by molar-refractivity contribution is 9.11. The van der Waals surface area contributed by atoms with Crippen molar-refractivity contribution in [2.45, 2.75) is 18.9 Å². The van der Waals surface area contributed by atoms with Crippen LogP contribution in [0.5, 0.6) is 0 Å². The molecule has 2 rings (SSSR count). The van der Waals surface area contributed by atoms with E-state index in [-0.39, 0.29) is 6.04 Å². The summed E-state index contributed by atoms with van der Waals surface area (Å²) in [6.45, 7) is 0. The highest BCUT2D eigenvalue weighted by atomic mass is 79.9. The number of halogens is 2. The van der Waals surface area contributed by atoms with E-state index in [1.807, 2.05) is 24.3 Å². The van der Waals surface area contributed by atoms with Crippen LogP contribution in [0.15, 0.2) is 40.2 Å². The van der Waals surface area contributed by atoms with Gasteiger partial charge in [-0.15, -0.1) is 11.3 Å². The Labute approximate surface area is 119 Å². The Morgan fingerprint density at radius 1 is 1.12 bits per heavy atom. The van der Waals surface area contributed by atoms with E-state index < -0.39 is 0 Å². The molecular formula is C13H13BrClNS. The molecule has 2 N–H and O–H groups in total. The van der Waals surface area contributed by atoms with Gasteiger partial charge < -0.3 is 5.73 Å². The van der Waals surface area contributed by atoms with Gasteiger partial charge in [0.05, 0.1) is 3.79 Å². The van der Waals surface area contributed by atoms with Gasteiger partial charge in [-0.25, -0.2) is 0 Å². The zero-order valence-electron chi connectivity index (χ0n) is 9.20. The zero-order valence-corrected chi connectivity index (χ0v) is 12.4. The minimum Gasteiger partial charge on any atom is -0.327 e. The summed E-state index contributed by atoms with van der Waals surface area (Å²) < 4.78 is 1.16. The molecule has 0 amide bonds. The van der Waals surface area contributed by atoms with Crippen LogP contribution < -0.4 is 5.73 Å². The molecule has 1 unspecified atom stereocenters. The molecule has 1 atom stereocenters. The normalized spacial score (nSPS) is 12.6. The van der Waals surface area contributed by atoms with Gasteiger partial charge in [0.25, 0.3) is 0 Å². The first-order valence-corrected chi connectivity index (χ1v) is 7.36. The summed E-state index contributed by atoms with van der Waals surface area (Å²) >= 11 is 11.1. The van der Waals surface area contributed by atoms with Gasteiger partial charge in [0.1, 0.15) is 0 Å². The standard InChI is InChI=1S/C13H13BrClNS/c14-13-6-5-12(17-13)8-11(16)7-9-1-3-10(15)4-2-9/h1-6,11H,7-8,16H2. The molecule has 0 saturated carbocycles. The molecule has 1 nitrogen and oxygen atoms in total. The van der Waals surface area contributed by atoms with Gasteiger partial charge in [-0.2, -0.15) is 0 Å². The number of hydrogen-bond acceptors (Lipinski definition) is 2. The molecule has 90 valence electrons. The molecule has 2 aromatic rings. The van der Waals surface area contributed by atoms with Crippen molar-refractivity contribution < 1.29 is 0 Å². The van der Waals surface area contributed by atoms with Crippen LogP contribution in [-0.2, 0) is 12.8 Å². The molecule has 0 fully saturated rings. The third-order valence-electron chi connectivity index (χ3n) is 2.50. The maximum Gasteiger partial charge on any atom is 0.0701 e. The third kappa shape index (κ3) is 4.11. The molecule has 0 aliphatic rings. The zero-order chi connectivity index (χ0) is 12.3. The summed E-state index contributed by atoms with van der Waals surface area (Å²) in [5, 5.41) is 0.768. The van der Waals surface area contributed by atoms with Gasteiger partial charge in [0.2, 0.25) is 0 Å². The average molecular weight is 331 g/mol. The van der Waals surface area contributed by atoms with Crippen molar-refractivity contribution >= 4 is 38.9 Å². The van der Waals surface area contributed by atoms with Gasteiger partial charge in [0.15, 0.2) is 0 Å². The van der Waals surface area contributed by atoms with E-state index >= 15 is 0 Å². The molecule has 1 heterocycles.